The molecule has 1 rings (SSSR count). The first-order valence-corrected chi connectivity index (χ1v) is 13.6. The molecule has 0 bridgehead atoms. The summed E-state index contributed by atoms with van der Waals surface area (Å²) in [7, 11) is -7.20. The lowest BCUT2D eigenvalue weighted by molar-refractivity contribution is -0.0601. The van der Waals surface area contributed by atoms with Gasteiger partial charge in [-0.1, -0.05) is 69.7 Å². The van der Waals surface area contributed by atoms with Crippen molar-refractivity contribution in [2.45, 2.75) is 76.3 Å². The van der Waals surface area contributed by atoms with Gasteiger partial charge in [-0.05, 0) is 25.0 Å². The van der Waals surface area contributed by atoms with Crippen molar-refractivity contribution < 1.29 is 39.8 Å². The van der Waals surface area contributed by atoms with E-state index in [4.69, 9.17) is 9.76 Å². The number of oxime groups is 1. The Labute approximate surface area is 188 Å². The fourth-order valence-electron chi connectivity index (χ4n) is 2.72. The van der Waals surface area contributed by atoms with Gasteiger partial charge in [0.05, 0.1) is 16.4 Å². The van der Waals surface area contributed by atoms with Crippen molar-refractivity contribution in [1.82, 2.24) is 0 Å². The Bertz CT molecular complexity index is 896. The van der Waals surface area contributed by atoms with Crippen LogP contribution in [0.1, 0.15) is 70.8 Å². The summed E-state index contributed by atoms with van der Waals surface area (Å²) in [6.45, 7) is 3.82. The van der Waals surface area contributed by atoms with E-state index >= 15 is 0 Å². The highest BCUT2D eigenvalue weighted by Gasteiger charge is 2.37. The fourth-order valence-corrected chi connectivity index (χ4v) is 4.61. The van der Waals surface area contributed by atoms with E-state index in [-0.39, 0.29) is 22.0 Å². The number of nitrogens with zero attached hydrogens (tertiary/aromatic N) is 1. The van der Waals surface area contributed by atoms with Crippen LogP contribution < -0.4 is 0 Å². The van der Waals surface area contributed by atoms with Crippen LogP contribution in [0.5, 0.6) is 0 Å². The minimum Gasteiger partial charge on any atom is -0.410 e. The SMILES string of the molecule is CCCCCCCCCS(=O)(=O)c1ccc(C(=NO)C(F)(F)F)cc1.CCCS(=O)(=O)O. The van der Waals surface area contributed by atoms with Gasteiger partial charge in [-0.15, -0.1) is 0 Å². The Morgan fingerprint density at radius 3 is 1.72 bits per heavy atom. The normalized spacial score (nSPS) is 12.9. The average molecular weight is 504 g/mol. The van der Waals surface area contributed by atoms with E-state index in [9.17, 15) is 30.0 Å². The molecule has 0 aliphatic rings. The van der Waals surface area contributed by atoms with Gasteiger partial charge >= 0.3 is 6.18 Å². The van der Waals surface area contributed by atoms with E-state index in [0.29, 0.717) is 12.8 Å². The molecule has 12 heteroatoms. The smallest absolute Gasteiger partial charge is 0.410 e. The molecule has 0 aliphatic carbocycles. The van der Waals surface area contributed by atoms with Crippen LogP contribution in [0.4, 0.5) is 13.2 Å². The second kappa shape index (κ2) is 14.5. The number of hydrogen-bond acceptors (Lipinski definition) is 6. The Morgan fingerprint density at radius 1 is 0.844 bits per heavy atom. The van der Waals surface area contributed by atoms with Crippen LogP contribution in [0.15, 0.2) is 34.3 Å². The highest BCUT2D eigenvalue weighted by molar-refractivity contribution is 7.91. The van der Waals surface area contributed by atoms with E-state index in [1.165, 1.54) is 6.42 Å². The van der Waals surface area contributed by atoms with E-state index in [1.807, 2.05) is 0 Å². The maximum absolute atomic E-state index is 12.6. The molecule has 186 valence electrons. The minimum absolute atomic E-state index is 0.0262. The van der Waals surface area contributed by atoms with Crippen LogP contribution in [0, 0.1) is 0 Å². The predicted octanol–water partition coefficient (Wildman–Crippen LogP) is 5.24. The summed E-state index contributed by atoms with van der Waals surface area (Å²) in [5.41, 5.74) is -1.84. The lowest BCUT2D eigenvalue weighted by Gasteiger charge is -2.10. The van der Waals surface area contributed by atoms with E-state index < -0.39 is 31.8 Å². The van der Waals surface area contributed by atoms with E-state index in [2.05, 4.69) is 12.1 Å². The first-order chi connectivity index (χ1) is 14.8. The zero-order valence-electron chi connectivity index (χ0n) is 18.3. The van der Waals surface area contributed by atoms with Gasteiger partial charge in [0.1, 0.15) is 0 Å². The van der Waals surface area contributed by atoms with Crippen molar-refractivity contribution in [2.75, 3.05) is 11.5 Å². The molecule has 0 spiro atoms. The average Bonchev–Trinajstić information content (AvgIpc) is 2.67. The first kappa shape index (κ1) is 30.3. The summed E-state index contributed by atoms with van der Waals surface area (Å²) in [6.07, 6.45) is 2.56. The molecule has 7 nitrogen and oxygen atoms in total. The molecule has 0 heterocycles. The van der Waals surface area contributed by atoms with Crippen LogP contribution in [0.25, 0.3) is 0 Å². The van der Waals surface area contributed by atoms with Gasteiger partial charge in [0.2, 0.25) is 0 Å². The molecule has 1 aromatic carbocycles. The summed E-state index contributed by atoms with van der Waals surface area (Å²) >= 11 is 0. The molecule has 0 radical (unpaired) electrons. The summed E-state index contributed by atoms with van der Waals surface area (Å²) in [5.74, 6) is -0.159. The zero-order chi connectivity index (χ0) is 24.8. The summed E-state index contributed by atoms with van der Waals surface area (Å²) in [5, 5.41) is 10.8. The zero-order valence-corrected chi connectivity index (χ0v) is 19.9. The number of alkyl halides is 3. The van der Waals surface area contributed by atoms with Crippen molar-refractivity contribution in [3.63, 3.8) is 0 Å². The van der Waals surface area contributed by atoms with E-state index in [0.717, 1.165) is 56.4 Å². The van der Waals surface area contributed by atoms with Crippen LogP contribution >= 0.6 is 0 Å². The van der Waals surface area contributed by atoms with Gasteiger partial charge in [-0.3, -0.25) is 4.55 Å². The van der Waals surface area contributed by atoms with Gasteiger partial charge in [0.15, 0.2) is 15.5 Å². The molecule has 0 aliphatic heterocycles. The maximum Gasteiger partial charge on any atom is 0.437 e. The Morgan fingerprint density at radius 2 is 1.34 bits per heavy atom. The van der Waals surface area contributed by atoms with Crippen LogP contribution in [-0.2, 0) is 20.0 Å². The van der Waals surface area contributed by atoms with Gasteiger partial charge in [-0.2, -0.15) is 21.6 Å². The largest absolute Gasteiger partial charge is 0.437 e. The molecule has 0 atom stereocenters. The molecule has 0 unspecified atom stereocenters. The molecule has 1 aromatic rings. The summed E-state index contributed by atoms with van der Waals surface area (Å²) < 4.78 is 89.9. The van der Waals surface area contributed by atoms with Crippen molar-refractivity contribution in [3.8, 4) is 0 Å². The molecule has 0 saturated carbocycles. The molecular formula is C20H32F3NO6S2. The number of unbranched alkanes of at least 4 members (excludes halogenated alkanes) is 6. The van der Waals surface area contributed by atoms with Gasteiger partial charge < -0.3 is 5.21 Å². The molecule has 2 N–H and O–H groups in total. The van der Waals surface area contributed by atoms with Crippen molar-refractivity contribution in [3.05, 3.63) is 29.8 Å². The topological polar surface area (TPSA) is 121 Å². The third-order valence-electron chi connectivity index (χ3n) is 4.33. The Hall–Kier alpha value is -1.66. The van der Waals surface area contributed by atoms with Crippen LogP contribution in [-0.4, -0.2) is 50.0 Å². The van der Waals surface area contributed by atoms with Crippen LogP contribution in [0.2, 0.25) is 0 Å². The predicted molar refractivity (Wildman–Crippen MR) is 118 cm³/mol. The quantitative estimate of drug-likeness (QED) is 0.132. The minimum atomic E-state index is -4.81. The number of rotatable bonds is 12. The van der Waals surface area contributed by atoms with Gasteiger partial charge in [0, 0.05) is 5.56 Å². The molecule has 0 amide bonds. The maximum atomic E-state index is 12.6. The molecule has 0 saturated heterocycles. The standard InChI is InChI=1S/C17H24F3NO3S.C3H8O3S/c1-2-3-4-5-6-7-8-13-25(23,24)15-11-9-14(10-12-15)16(21-22)17(18,19)20;1-2-3-7(4,5)6/h9-12,22H,2-8,13H2,1H3;2-3H2,1H3,(H,4,5,6). The summed E-state index contributed by atoms with van der Waals surface area (Å²) in [4.78, 5) is -0.0262. The van der Waals surface area contributed by atoms with Gasteiger partial charge in [0.25, 0.3) is 10.1 Å². The number of benzene rings is 1. The van der Waals surface area contributed by atoms with Gasteiger partial charge in [-0.25, -0.2) is 8.42 Å². The number of halogens is 3. The highest BCUT2D eigenvalue weighted by atomic mass is 32.2. The van der Waals surface area contributed by atoms with Crippen molar-refractivity contribution in [2.24, 2.45) is 5.16 Å². The fraction of sp³-hybridized carbons (Fsp3) is 0.650. The molecule has 0 aromatic heterocycles. The summed E-state index contributed by atoms with van der Waals surface area (Å²) in [6, 6.07) is 4.23. The number of hydrogen-bond donors (Lipinski definition) is 2. The van der Waals surface area contributed by atoms with E-state index in [1.54, 1.807) is 6.92 Å². The van der Waals surface area contributed by atoms with Crippen molar-refractivity contribution in [1.29, 1.82) is 0 Å². The monoisotopic (exact) mass is 503 g/mol. The van der Waals surface area contributed by atoms with Crippen molar-refractivity contribution >= 4 is 25.7 Å². The first-order valence-electron chi connectivity index (χ1n) is 10.4. The Balaban J connectivity index is 0.00000118. The second-order valence-corrected chi connectivity index (χ2v) is 10.9. The third-order valence-corrected chi connectivity index (χ3v) is 7.07. The molecule has 32 heavy (non-hydrogen) atoms. The lowest BCUT2D eigenvalue weighted by atomic mass is 10.1. The highest BCUT2D eigenvalue weighted by Crippen LogP contribution is 2.24. The Kier molecular flexibility index (Phi) is 13.7. The molecule has 0 fully saturated rings. The lowest BCUT2D eigenvalue weighted by Crippen LogP contribution is -2.24. The second-order valence-electron chi connectivity index (χ2n) is 7.20. The van der Waals surface area contributed by atoms with Crippen LogP contribution in [0.3, 0.4) is 0 Å². The molecular weight excluding hydrogens is 471 g/mol. The third kappa shape index (κ3) is 13.0. The number of sulfone groups is 1.